The molecule has 1 atom stereocenters. The van der Waals surface area contributed by atoms with Crippen molar-refractivity contribution >= 4 is 29.3 Å². The Bertz CT molecular complexity index is 1450. The van der Waals surface area contributed by atoms with Gasteiger partial charge in [-0.3, -0.25) is 10.2 Å². The number of nitrogens with zero attached hydrogens (tertiary/aromatic N) is 4. The first-order valence-electron chi connectivity index (χ1n) is 11.2. The van der Waals surface area contributed by atoms with Gasteiger partial charge in [-0.25, -0.2) is 24.0 Å². The number of hydrogen-bond acceptors (Lipinski definition) is 11. The molecule has 0 bridgehead atoms. The van der Waals surface area contributed by atoms with Crippen LogP contribution in [0.2, 0.25) is 5.02 Å². The number of aliphatic imine (C=N–C) groups is 1. The van der Waals surface area contributed by atoms with Gasteiger partial charge in [-0.2, -0.15) is 5.11 Å². The summed E-state index contributed by atoms with van der Waals surface area (Å²) in [6.07, 6.45) is -1.69. The summed E-state index contributed by atoms with van der Waals surface area (Å²) < 4.78 is 28.7. The van der Waals surface area contributed by atoms with Crippen LogP contribution in [-0.4, -0.2) is 47.1 Å². The lowest BCUT2D eigenvalue weighted by Crippen LogP contribution is -2.49. The summed E-state index contributed by atoms with van der Waals surface area (Å²) in [4.78, 5) is 39.9. The van der Waals surface area contributed by atoms with Crippen LogP contribution in [0.5, 0.6) is 0 Å². The van der Waals surface area contributed by atoms with E-state index in [0.717, 1.165) is 0 Å². The average Bonchev–Trinajstić information content (AvgIpc) is 3.54. The quantitative estimate of drug-likeness (QED) is 0.290. The monoisotopic (exact) mass is 545 g/mol. The molecule has 2 heterocycles. The number of amidine groups is 1. The maximum absolute atomic E-state index is 14.2. The number of aliphatic hydroxyl groups excluding tert-OH is 1. The molecular weight excluding hydrogens is 525 g/mol. The summed E-state index contributed by atoms with van der Waals surface area (Å²) >= 11 is 5.99. The number of aryl methyl sites for hydroxylation is 1. The van der Waals surface area contributed by atoms with Gasteiger partial charge in [0.15, 0.2) is 30.9 Å². The smallest absolute Gasteiger partial charge is 0.455 e. The molecule has 0 radical (unpaired) electrons. The number of benzene rings is 2. The molecule has 2 aromatic carbocycles. The predicted molar refractivity (Wildman–Crippen MR) is 130 cm³/mol. The highest BCUT2D eigenvalue weighted by molar-refractivity contribution is 6.38. The zero-order valence-corrected chi connectivity index (χ0v) is 20.6. The molecule has 2 N–H and O–H groups in total. The number of hydrazine groups is 1. The first-order valence-corrected chi connectivity index (χ1v) is 11.5. The topological polar surface area (TPSA) is 159 Å². The SMILES string of the molecule is Cc1oc(=O)oc1COC(=O)[C@H](O)CN(Cc1ccc(-c2cc(Cl)ccc2F)cc1)NC(=O)C1=NCN=N1. The van der Waals surface area contributed by atoms with Crippen molar-refractivity contribution in [2.75, 3.05) is 13.2 Å². The number of aliphatic hydroxyl groups is 1. The van der Waals surface area contributed by atoms with E-state index < -0.39 is 36.2 Å². The molecule has 1 aromatic heterocycles. The number of carbonyl (C=O) groups is 2. The van der Waals surface area contributed by atoms with E-state index in [1.165, 1.54) is 30.1 Å². The molecule has 14 heteroatoms. The Balaban J connectivity index is 1.45. The highest BCUT2D eigenvalue weighted by atomic mass is 35.5. The number of rotatable bonds is 10. The number of carbonyl (C=O) groups excluding carboxylic acids is 2. The molecule has 38 heavy (non-hydrogen) atoms. The number of halogens is 2. The molecule has 12 nitrogen and oxygen atoms in total. The maximum atomic E-state index is 14.2. The number of nitrogens with one attached hydrogen (secondary N) is 1. The van der Waals surface area contributed by atoms with E-state index >= 15 is 0 Å². The number of esters is 1. The zero-order valence-electron chi connectivity index (χ0n) is 19.9. The molecule has 0 unspecified atom stereocenters. The lowest BCUT2D eigenvalue weighted by Gasteiger charge is -2.24. The molecule has 0 fully saturated rings. The van der Waals surface area contributed by atoms with Crippen molar-refractivity contribution in [3.05, 3.63) is 81.0 Å². The van der Waals surface area contributed by atoms with Crippen molar-refractivity contribution in [3.63, 3.8) is 0 Å². The van der Waals surface area contributed by atoms with E-state index in [0.29, 0.717) is 21.7 Å². The van der Waals surface area contributed by atoms with Crippen LogP contribution in [0.1, 0.15) is 17.1 Å². The van der Waals surface area contributed by atoms with Crippen LogP contribution < -0.4 is 11.2 Å². The minimum Gasteiger partial charge on any atom is -0.455 e. The Morgan fingerprint density at radius 1 is 1.24 bits per heavy atom. The number of ether oxygens (including phenoxy) is 1. The maximum Gasteiger partial charge on any atom is 0.519 e. The van der Waals surface area contributed by atoms with Crippen molar-refractivity contribution in [1.82, 2.24) is 10.4 Å². The lowest BCUT2D eigenvalue weighted by molar-refractivity contribution is -0.157. The highest BCUT2D eigenvalue weighted by Crippen LogP contribution is 2.26. The third-order valence-electron chi connectivity index (χ3n) is 5.33. The molecular formula is C24H21ClFN5O7. The van der Waals surface area contributed by atoms with Gasteiger partial charge in [-0.05, 0) is 36.2 Å². The van der Waals surface area contributed by atoms with Crippen LogP contribution in [-0.2, 0) is 27.5 Å². The Morgan fingerprint density at radius 3 is 2.66 bits per heavy atom. The summed E-state index contributed by atoms with van der Waals surface area (Å²) in [5, 5.41) is 19.3. The fraction of sp³-hybridized carbons (Fsp3) is 0.250. The fourth-order valence-electron chi connectivity index (χ4n) is 3.44. The van der Waals surface area contributed by atoms with Gasteiger partial charge < -0.3 is 18.7 Å². The Morgan fingerprint density at radius 2 is 2.00 bits per heavy atom. The number of azo groups is 1. The number of amides is 1. The second-order valence-electron chi connectivity index (χ2n) is 8.06. The molecule has 1 amide bonds. The summed E-state index contributed by atoms with van der Waals surface area (Å²) in [5.41, 5.74) is 4.09. The van der Waals surface area contributed by atoms with Gasteiger partial charge in [0.25, 0.3) is 0 Å². The van der Waals surface area contributed by atoms with Crippen molar-refractivity contribution in [1.29, 1.82) is 0 Å². The first-order chi connectivity index (χ1) is 18.2. The van der Waals surface area contributed by atoms with Crippen LogP contribution in [0.25, 0.3) is 11.1 Å². The van der Waals surface area contributed by atoms with Gasteiger partial charge in [0.1, 0.15) is 5.82 Å². The Kier molecular flexibility index (Phi) is 8.41. The molecule has 3 aromatic rings. The summed E-state index contributed by atoms with van der Waals surface area (Å²) in [5.74, 6) is -3.13. The van der Waals surface area contributed by atoms with Crippen molar-refractivity contribution in [3.8, 4) is 11.1 Å². The van der Waals surface area contributed by atoms with E-state index in [-0.39, 0.29) is 37.1 Å². The second kappa shape index (κ2) is 11.9. The van der Waals surface area contributed by atoms with Crippen LogP contribution >= 0.6 is 11.6 Å². The summed E-state index contributed by atoms with van der Waals surface area (Å²) in [7, 11) is 0. The van der Waals surface area contributed by atoms with E-state index in [4.69, 9.17) is 25.2 Å². The Hall–Kier alpha value is -4.20. The van der Waals surface area contributed by atoms with E-state index in [9.17, 15) is 23.9 Å². The standard InChI is InChI=1S/C24H21ClFN5O7/c1-13-20(38-24(35)37-13)11-36-23(34)19(32)10-31(30-22(33)21-27-12-28-29-21)9-14-2-4-15(5-3-14)17-8-16(25)6-7-18(17)26/h2-8,19,32H,9-12H2,1H3,(H,30,33)/t19-/m1/s1. The molecule has 0 saturated heterocycles. The summed E-state index contributed by atoms with van der Waals surface area (Å²) in [6, 6.07) is 11.0. The van der Waals surface area contributed by atoms with Gasteiger partial charge in [0, 0.05) is 17.1 Å². The largest absolute Gasteiger partial charge is 0.519 e. The first kappa shape index (κ1) is 26.9. The number of hydrogen-bond donors (Lipinski definition) is 2. The van der Waals surface area contributed by atoms with Crippen LogP contribution in [0.4, 0.5) is 4.39 Å². The van der Waals surface area contributed by atoms with Crippen LogP contribution in [0, 0.1) is 12.7 Å². The zero-order chi connectivity index (χ0) is 27.2. The second-order valence-corrected chi connectivity index (χ2v) is 8.50. The third-order valence-corrected chi connectivity index (χ3v) is 5.56. The molecule has 1 aliphatic rings. The van der Waals surface area contributed by atoms with E-state index in [2.05, 4.69) is 20.6 Å². The van der Waals surface area contributed by atoms with E-state index in [1.54, 1.807) is 24.3 Å². The van der Waals surface area contributed by atoms with Crippen molar-refractivity contribution in [2.24, 2.45) is 15.2 Å². The molecule has 4 rings (SSSR count). The lowest BCUT2D eigenvalue weighted by atomic mass is 10.0. The minimum atomic E-state index is -1.69. The minimum absolute atomic E-state index is 0.00143. The van der Waals surface area contributed by atoms with Gasteiger partial charge in [-0.15, -0.1) is 5.11 Å². The highest BCUT2D eigenvalue weighted by Gasteiger charge is 2.25. The normalized spacial score (nSPS) is 13.4. The molecule has 198 valence electrons. The predicted octanol–water partition coefficient (Wildman–Crippen LogP) is 2.76. The molecule has 0 aliphatic carbocycles. The van der Waals surface area contributed by atoms with Crippen LogP contribution in [0.15, 0.2) is 71.3 Å². The average molecular weight is 546 g/mol. The third kappa shape index (κ3) is 6.76. The van der Waals surface area contributed by atoms with Gasteiger partial charge >= 0.3 is 17.7 Å². The van der Waals surface area contributed by atoms with Gasteiger partial charge in [-0.1, -0.05) is 35.9 Å². The van der Waals surface area contributed by atoms with Gasteiger partial charge in [0.2, 0.25) is 5.84 Å². The van der Waals surface area contributed by atoms with Gasteiger partial charge in [0.05, 0.1) is 6.54 Å². The van der Waals surface area contributed by atoms with Crippen molar-refractivity contribution in [2.45, 2.75) is 26.2 Å². The Labute approximate surface area is 219 Å². The van der Waals surface area contributed by atoms with Crippen molar-refractivity contribution < 1.29 is 32.7 Å². The molecule has 0 saturated carbocycles. The summed E-state index contributed by atoms with van der Waals surface area (Å²) in [6.45, 7) is 0.695. The molecule has 0 spiro atoms. The van der Waals surface area contributed by atoms with E-state index in [1.807, 2.05) is 0 Å². The molecule has 1 aliphatic heterocycles. The fourth-order valence-corrected chi connectivity index (χ4v) is 3.61. The van der Waals surface area contributed by atoms with Crippen LogP contribution in [0.3, 0.4) is 0 Å².